The van der Waals surface area contributed by atoms with Gasteiger partial charge in [0.15, 0.2) is 0 Å². The molecule has 4 nitrogen and oxygen atoms in total. The Morgan fingerprint density at radius 2 is 1.75 bits per heavy atom. The molecule has 2 aliphatic heterocycles. The van der Waals surface area contributed by atoms with E-state index in [1.165, 1.54) is 17.4 Å². The van der Waals surface area contributed by atoms with E-state index in [0.717, 1.165) is 25.9 Å². The summed E-state index contributed by atoms with van der Waals surface area (Å²) in [5, 5.41) is 0. The van der Waals surface area contributed by atoms with Crippen LogP contribution in [0.15, 0.2) is 24.3 Å². The van der Waals surface area contributed by atoms with Gasteiger partial charge in [-0.05, 0) is 25.3 Å². The molecule has 1 aromatic rings. The number of nitrogens with zero attached hydrogens (tertiary/aromatic N) is 2. The van der Waals surface area contributed by atoms with Crippen molar-refractivity contribution >= 4 is 10.0 Å². The molecule has 2 atom stereocenters. The van der Waals surface area contributed by atoms with E-state index in [4.69, 9.17) is 0 Å². The minimum absolute atomic E-state index is 0.190. The molecule has 0 bridgehead atoms. The molecule has 2 fully saturated rings. The Morgan fingerprint density at radius 3 is 2.40 bits per heavy atom. The summed E-state index contributed by atoms with van der Waals surface area (Å²) in [6.07, 6.45) is 3.26. The molecule has 1 aromatic carbocycles. The molecule has 0 N–H and O–H groups in total. The van der Waals surface area contributed by atoms with Gasteiger partial charge >= 0.3 is 0 Å². The molecule has 110 valence electrons. The van der Waals surface area contributed by atoms with Crippen molar-refractivity contribution in [3.8, 4) is 0 Å². The Balaban J connectivity index is 1.71. The molecule has 0 aromatic heterocycles. The number of likely N-dealkylation sites (tertiary alicyclic amines) is 1. The van der Waals surface area contributed by atoms with E-state index >= 15 is 0 Å². The number of hydrogen-bond donors (Lipinski definition) is 0. The predicted octanol–water partition coefficient (Wildman–Crippen LogP) is 1.60. The summed E-state index contributed by atoms with van der Waals surface area (Å²) in [6, 6.07) is 9.21. The lowest BCUT2D eigenvalue weighted by Crippen LogP contribution is -2.38. The van der Waals surface area contributed by atoms with Crippen LogP contribution in [0.5, 0.6) is 0 Å². The quantitative estimate of drug-likeness (QED) is 0.850. The van der Waals surface area contributed by atoms with Crippen LogP contribution in [-0.4, -0.2) is 49.1 Å². The lowest BCUT2D eigenvalue weighted by atomic mass is 10.1. The Bertz CT molecular complexity index is 582. The molecule has 20 heavy (non-hydrogen) atoms. The Morgan fingerprint density at radius 1 is 1.10 bits per heavy atom. The van der Waals surface area contributed by atoms with Gasteiger partial charge in [0.25, 0.3) is 0 Å². The van der Waals surface area contributed by atoms with Crippen molar-refractivity contribution in [2.45, 2.75) is 38.4 Å². The lowest BCUT2D eigenvalue weighted by molar-refractivity contribution is 0.240. The summed E-state index contributed by atoms with van der Waals surface area (Å²) in [5.41, 5.74) is 2.59. The van der Waals surface area contributed by atoms with Crippen molar-refractivity contribution in [3.63, 3.8) is 0 Å². The monoisotopic (exact) mass is 294 g/mol. The molecular weight excluding hydrogens is 272 g/mol. The summed E-state index contributed by atoms with van der Waals surface area (Å²) < 4.78 is 25.3. The highest BCUT2D eigenvalue weighted by Crippen LogP contribution is 2.33. The average Bonchev–Trinajstić information content (AvgIpc) is 2.94. The fourth-order valence-electron chi connectivity index (χ4n) is 3.57. The van der Waals surface area contributed by atoms with E-state index < -0.39 is 10.0 Å². The molecule has 2 heterocycles. The molecule has 0 radical (unpaired) electrons. The van der Waals surface area contributed by atoms with Crippen molar-refractivity contribution < 1.29 is 8.42 Å². The maximum Gasteiger partial charge on any atom is 0.211 e. The van der Waals surface area contributed by atoms with Gasteiger partial charge in [-0.1, -0.05) is 29.8 Å². The molecule has 3 rings (SSSR count). The van der Waals surface area contributed by atoms with Crippen molar-refractivity contribution in [2.24, 2.45) is 0 Å². The van der Waals surface area contributed by atoms with Gasteiger partial charge in [-0.2, -0.15) is 4.31 Å². The predicted molar refractivity (Wildman–Crippen MR) is 79.9 cm³/mol. The molecule has 5 heteroatoms. The summed E-state index contributed by atoms with van der Waals surface area (Å²) in [4.78, 5) is 2.44. The van der Waals surface area contributed by atoms with Gasteiger partial charge in [0, 0.05) is 31.7 Å². The van der Waals surface area contributed by atoms with Crippen molar-refractivity contribution in [1.82, 2.24) is 9.21 Å². The molecule has 2 saturated heterocycles. The highest BCUT2D eigenvalue weighted by atomic mass is 32.2. The summed E-state index contributed by atoms with van der Waals surface area (Å²) in [6.45, 7) is 4.70. The van der Waals surface area contributed by atoms with Crippen molar-refractivity contribution in [3.05, 3.63) is 35.4 Å². The third-order valence-corrected chi connectivity index (χ3v) is 5.88. The Kier molecular flexibility index (Phi) is 3.60. The topological polar surface area (TPSA) is 40.6 Å². The van der Waals surface area contributed by atoms with Gasteiger partial charge in [0.2, 0.25) is 10.0 Å². The summed E-state index contributed by atoms with van der Waals surface area (Å²) >= 11 is 0. The van der Waals surface area contributed by atoms with Crippen molar-refractivity contribution in [2.75, 3.05) is 19.3 Å². The fourth-order valence-corrected chi connectivity index (χ4v) is 4.75. The van der Waals surface area contributed by atoms with Crippen molar-refractivity contribution in [1.29, 1.82) is 0 Å². The van der Waals surface area contributed by atoms with Gasteiger partial charge in [0.1, 0.15) is 0 Å². The zero-order valence-corrected chi connectivity index (χ0v) is 12.9. The minimum atomic E-state index is -3.05. The Labute approximate surface area is 121 Å². The maximum atomic E-state index is 11.8. The van der Waals surface area contributed by atoms with Crippen LogP contribution >= 0.6 is 0 Å². The smallest absolute Gasteiger partial charge is 0.211 e. The first kappa shape index (κ1) is 14.0. The second kappa shape index (κ2) is 5.13. The number of fused-ring (bicyclic) bond motifs is 1. The second-order valence-electron chi connectivity index (χ2n) is 6.04. The number of hydrogen-bond acceptors (Lipinski definition) is 3. The molecular formula is C15H22N2O2S. The third-order valence-electron chi connectivity index (χ3n) is 4.57. The highest BCUT2D eigenvalue weighted by molar-refractivity contribution is 7.88. The van der Waals surface area contributed by atoms with Gasteiger partial charge in [-0.25, -0.2) is 8.42 Å². The molecule has 0 saturated carbocycles. The van der Waals surface area contributed by atoms with Crippen LogP contribution in [0.3, 0.4) is 0 Å². The summed E-state index contributed by atoms with van der Waals surface area (Å²) in [5.74, 6) is 0. The number of sulfonamides is 1. The summed E-state index contributed by atoms with van der Waals surface area (Å²) in [7, 11) is -3.05. The zero-order valence-electron chi connectivity index (χ0n) is 12.1. The number of rotatable bonds is 3. The SMILES string of the molecule is Cc1ccc(CN2CC[C@H]3[C@H]2CCN3S(C)(=O)=O)cc1. The van der Waals surface area contributed by atoms with Gasteiger partial charge in [-0.3, -0.25) is 4.90 Å². The van der Waals surface area contributed by atoms with E-state index in [-0.39, 0.29) is 6.04 Å². The first-order valence-corrected chi connectivity index (χ1v) is 9.06. The first-order valence-electron chi connectivity index (χ1n) is 7.21. The third kappa shape index (κ3) is 2.62. The molecule has 0 amide bonds. The van der Waals surface area contributed by atoms with Crippen LogP contribution in [0.1, 0.15) is 24.0 Å². The largest absolute Gasteiger partial charge is 0.294 e. The van der Waals surface area contributed by atoms with E-state index in [0.29, 0.717) is 12.6 Å². The molecule has 0 aliphatic carbocycles. The standard InChI is InChI=1S/C15H22N2O2S/c1-12-3-5-13(6-4-12)11-16-9-7-15-14(16)8-10-17(15)20(2,18)19/h3-6,14-15H,7-11H2,1-2H3/t14-,15+/m1/s1. The van der Waals surface area contributed by atoms with E-state index in [2.05, 4.69) is 36.1 Å². The van der Waals surface area contributed by atoms with Crippen LogP contribution in [0.4, 0.5) is 0 Å². The normalized spacial score (nSPS) is 27.9. The second-order valence-corrected chi connectivity index (χ2v) is 7.98. The lowest BCUT2D eigenvalue weighted by Gasteiger charge is -2.24. The van der Waals surface area contributed by atoms with Crippen LogP contribution < -0.4 is 0 Å². The minimum Gasteiger partial charge on any atom is -0.294 e. The van der Waals surface area contributed by atoms with Gasteiger partial charge < -0.3 is 0 Å². The molecule has 0 spiro atoms. The number of benzene rings is 1. The molecule has 0 unspecified atom stereocenters. The van der Waals surface area contributed by atoms with Gasteiger partial charge in [0.05, 0.1) is 6.26 Å². The van der Waals surface area contributed by atoms with E-state index in [1.54, 1.807) is 4.31 Å². The zero-order chi connectivity index (χ0) is 14.3. The number of aryl methyl sites for hydroxylation is 1. The van der Waals surface area contributed by atoms with Crippen LogP contribution in [0, 0.1) is 6.92 Å². The van der Waals surface area contributed by atoms with Gasteiger partial charge in [-0.15, -0.1) is 0 Å². The van der Waals surface area contributed by atoms with E-state index in [1.807, 2.05) is 0 Å². The van der Waals surface area contributed by atoms with Crippen LogP contribution in [0.25, 0.3) is 0 Å². The maximum absolute atomic E-state index is 11.8. The first-order chi connectivity index (χ1) is 9.45. The fraction of sp³-hybridized carbons (Fsp3) is 0.600. The van der Waals surface area contributed by atoms with Crippen LogP contribution in [-0.2, 0) is 16.6 Å². The molecule has 2 aliphatic rings. The average molecular weight is 294 g/mol. The highest BCUT2D eigenvalue weighted by Gasteiger charge is 2.45. The van der Waals surface area contributed by atoms with E-state index in [9.17, 15) is 8.42 Å². The Hall–Kier alpha value is -0.910. The van der Waals surface area contributed by atoms with Crippen LogP contribution in [0.2, 0.25) is 0 Å².